The molecule has 0 fully saturated rings. The van der Waals surface area contributed by atoms with Gasteiger partial charge >= 0.3 is 0 Å². The lowest BCUT2D eigenvalue weighted by molar-refractivity contribution is 0.0771. The van der Waals surface area contributed by atoms with Gasteiger partial charge < -0.3 is 4.90 Å². The van der Waals surface area contributed by atoms with Gasteiger partial charge in [-0.05, 0) is 49.8 Å². The summed E-state index contributed by atoms with van der Waals surface area (Å²) in [6.07, 6.45) is 0. The zero-order valence-corrected chi connectivity index (χ0v) is 13.4. The van der Waals surface area contributed by atoms with Crippen molar-refractivity contribution in [2.24, 2.45) is 0 Å². The molecule has 19 heavy (non-hydrogen) atoms. The van der Waals surface area contributed by atoms with Gasteiger partial charge in [-0.1, -0.05) is 32.9 Å². The molecule has 0 N–H and O–H groups in total. The molecule has 0 heterocycles. The monoisotopic (exact) mass is 261 g/mol. The minimum Gasteiger partial charge on any atom is -0.339 e. The minimum absolute atomic E-state index is 0.117. The van der Waals surface area contributed by atoms with E-state index in [1.165, 1.54) is 5.56 Å². The van der Waals surface area contributed by atoms with Gasteiger partial charge in [-0.15, -0.1) is 0 Å². The topological polar surface area (TPSA) is 20.3 Å². The Hall–Kier alpha value is -1.31. The summed E-state index contributed by atoms with van der Waals surface area (Å²) in [5.74, 6) is 0.153. The summed E-state index contributed by atoms with van der Waals surface area (Å²) in [5.41, 5.74) is 4.45. The lowest BCUT2D eigenvalue weighted by atomic mass is 9.83. The largest absolute Gasteiger partial charge is 0.339 e. The maximum Gasteiger partial charge on any atom is 0.254 e. The third kappa shape index (κ3) is 3.37. The number of carbonyl (C=O) groups is 1. The van der Waals surface area contributed by atoms with Gasteiger partial charge in [0.25, 0.3) is 5.91 Å². The van der Waals surface area contributed by atoms with Crippen LogP contribution in [0.1, 0.15) is 61.7 Å². The number of benzene rings is 1. The van der Waals surface area contributed by atoms with Crippen molar-refractivity contribution in [3.05, 3.63) is 34.4 Å². The Kier molecular flexibility index (Phi) is 4.78. The van der Waals surface area contributed by atoms with Crippen LogP contribution in [0.25, 0.3) is 0 Å². The highest BCUT2D eigenvalue weighted by Gasteiger charge is 2.21. The van der Waals surface area contributed by atoms with Crippen LogP contribution >= 0.6 is 0 Å². The van der Waals surface area contributed by atoms with E-state index in [9.17, 15) is 4.79 Å². The van der Waals surface area contributed by atoms with Crippen molar-refractivity contribution in [3.63, 3.8) is 0 Å². The first-order chi connectivity index (χ1) is 8.72. The number of hydrogen-bond donors (Lipinski definition) is 0. The highest BCUT2D eigenvalue weighted by atomic mass is 16.2. The summed E-state index contributed by atoms with van der Waals surface area (Å²) in [4.78, 5) is 14.4. The first kappa shape index (κ1) is 15.7. The third-order valence-corrected chi connectivity index (χ3v) is 3.66. The van der Waals surface area contributed by atoms with Crippen molar-refractivity contribution < 1.29 is 4.79 Å². The van der Waals surface area contributed by atoms with E-state index in [4.69, 9.17) is 0 Å². The van der Waals surface area contributed by atoms with Gasteiger partial charge in [0.15, 0.2) is 0 Å². The van der Waals surface area contributed by atoms with Crippen molar-refractivity contribution in [1.29, 1.82) is 0 Å². The third-order valence-electron chi connectivity index (χ3n) is 3.66. The molecule has 1 aromatic rings. The molecule has 0 aliphatic carbocycles. The smallest absolute Gasteiger partial charge is 0.254 e. The normalized spacial score (nSPS) is 11.5. The molecule has 0 aliphatic rings. The van der Waals surface area contributed by atoms with Crippen molar-refractivity contribution in [2.45, 2.75) is 53.9 Å². The molecule has 106 valence electrons. The zero-order chi connectivity index (χ0) is 14.8. The van der Waals surface area contributed by atoms with Crippen LogP contribution in [0.5, 0.6) is 0 Å². The highest BCUT2D eigenvalue weighted by molar-refractivity contribution is 5.97. The Bertz CT molecular complexity index is 442. The van der Waals surface area contributed by atoms with Crippen LogP contribution in [-0.2, 0) is 5.41 Å². The van der Waals surface area contributed by atoms with E-state index in [1.807, 2.05) is 32.6 Å². The maximum atomic E-state index is 12.5. The molecule has 1 rings (SSSR count). The van der Waals surface area contributed by atoms with Crippen molar-refractivity contribution >= 4 is 5.91 Å². The molecule has 0 atom stereocenters. The van der Waals surface area contributed by atoms with E-state index in [-0.39, 0.29) is 11.3 Å². The average Bonchev–Trinajstić information content (AvgIpc) is 2.28. The average molecular weight is 261 g/mol. The summed E-state index contributed by atoms with van der Waals surface area (Å²) >= 11 is 0. The van der Waals surface area contributed by atoms with Crippen LogP contribution in [0.15, 0.2) is 12.1 Å². The van der Waals surface area contributed by atoms with Gasteiger partial charge in [0.05, 0.1) is 0 Å². The summed E-state index contributed by atoms with van der Waals surface area (Å²) < 4.78 is 0. The van der Waals surface area contributed by atoms with Gasteiger partial charge in [-0.3, -0.25) is 4.79 Å². The fourth-order valence-corrected chi connectivity index (χ4v) is 2.40. The Morgan fingerprint density at radius 3 is 1.79 bits per heavy atom. The highest BCUT2D eigenvalue weighted by Crippen LogP contribution is 2.27. The molecule has 2 nitrogen and oxygen atoms in total. The number of rotatable bonds is 3. The Balaban J connectivity index is 3.28. The lowest BCUT2D eigenvalue weighted by Crippen LogP contribution is -2.31. The minimum atomic E-state index is 0.117. The van der Waals surface area contributed by atoms with Crippen LogP contribution in [0.3, 0.4) is 0 Å². The van der Waals surface area contributed by atoms with Gasteiger partial charge in [-0.25, -0.2) is 0 Å². The first-order valence-electron chi connectivity index (χ1n) is 7.13. The quantitative estimate of drug-likeness (QED) is 0.802. The van der Waals surface area contributed by atoms with Crippen LogP contribution < -0.4 is 0 Å². The van der Waals surface area contributed by atoms with E-state index in [0.29, 0.717) is 0 Å². The van der Waals surface area contributed by atoms with E-state index in [0.717, 1.165) is 29.8 Å². The van der Waals surface area contributed by atoms with E-state index in [1.54, 1.807) is 0 Å². The first-order valence-corrected chi connectivity index (χ1v) is 7.13. The number of carbonyl (C=O) groups excluding carboxylic acids is 1. The van der Waals surface area contributed by atoms with Gasteiger partial charge in [-0.2, -0.15) is 0 Å². The number of amides is 1. The second-order valence-electron chi connectivity index (χ2n) is 6.21. The second kappa shape index (κ2) is 5.77. The SMILES string of the molecule is CCN(CC)C(=O)c1c(C)cc(C(C)(C)C)cc1C. The molecule has 0 spiro atoms. The summed E-state index contributed by atoms with van der Waals surface area (Å²) in [5, 5.41) is 0. The summed E-state index contributed by atoms with van der Waals surface area (Å²) in [7, 11) is 0. The molecule has 1 amide bonds. The van der Waals surface area contributed by atoms with E-state index >= 15 is 0 Å². The van der Waals surface area contributed by atoms with Crippen molar-refractivity contribution in [1.82, 2.24) is 4.90 Å². The second-order valence-corrected chi connectivity index (χ2v) is 6.21. The van der Waals surface area contributed by atoms with Crippen LogP contribution in [0, 0.1) is 13.8 Å². The standard InChI is InChI=1S/C17H27NO/c1-8-18(9-2)16(19)15-12(3)10-14(11-13(15)4)17(5,6)7/h10-11H,8-9H2,1-7H3. The molecule has 0 radical (unpaired) electrons. The van der Waals surface area contributed by atoms with Gasteiger partial charge in [0.2, 0.25) is 0 Å². The van der Waals surface area contributed by atoms with Crippen molar-refractivity contribution in [2.75, 3.05) is 13.1 Å². The Labute approximate surface area is 117 Å². The molecule has 0 saturated heterocycles. The molecular weight excluding hydrogens is 234 g/mol. The van der Waals surface area contributed by atoms with Gasteiger partial charge in [0, 0.05) is 18.7 Å². The maximum absolute atomic E-state index is 12.5. The fourth-order valence-electron chi connectivity index (χ4n) is 2.40. The fraction of sp³-hybridized carbons (Fsp3) is 0.588. The molecule has 0 aliphatic heterocycles. The number of nitrogens with zero attached hydrogens (tertiary/aromatic N) is 1. The summed E-state index contributed by atoms with van der Waals surface area (Å²) in [6.45, 7) is 16.3. The molecule has 2 heteroatoms. The molecule has 0 unspecified atom stereocenters. The molecule has 0 aromatic heterocycles. The molecule has 1 aromatic carbocycles. The van der Waals surface area contributed by atoms with Crippen LogP contribution in [0.4, 0.5) is 0 Å². The van der Waals surface area contributed by atoms with Gasteiger partial charge in [0.1, 0.15) is 0 Å². The molecule has 0 bridgehead atoms. The van der Waals surface area contributed by atoms with E-state index < -0.39 is 0 Å². The van der Waals surface area contributed by atoms with E-state index in [2.05, 4.69) is 32.9 Å². The predicted octanol–water partition coefficient (Wildman–Crippen LogP) is 4.08. The Morgan fingerprint density at radius 2 is 1.47 bits per heavy atom. The predicted molar refractivity (Wildman–Crippen MR) is 81.9 cm³/mol. The zero-order valence-electron chi connectivity index (χ0n) is 13.4. The van der Waals surface area contributed by atoms with Crippen LogP contribution in [0.2, 0.25) is 0 Å². The molecular formula is C17H27NO. The van der Waals surface area contributed by atoms with Crippen molar-refractivity contribution in [3.8, 4) is 0 Å². The number of aryl methyl sites for hydroxylation is 2. The lowest BCUT2D eigenvalue weighted by Gasteiger charge is -2.25. The Morgan fingerprint density at radius 1 is 1.05 bits per heavy atom. The number of hydrogen-bond acceptors (Lipinski definition) is 1. The van der Waals surface area contributed by atoms with Crippen LogP contribution in [-0.4, -0.2) is 23.9 Å². The molecule has 0 saturated carbocycles. The summed E-state index contributed by atoms with van der Waals surface area (Å²) in [6, 6.07) is 4.31.